The molecule has 1 saturated heterocycles. The van der Waals surface area contributed by atoms with Gasteiger partial charge in [0.05, 0.1) is 13.2 Å². The maximum Gasteiger partial charge on any atom is 0.306 e. The second kappa shape index (κ2) is 32.1. The van der Waals surface area contributed by atoms with Gasteiger partial charge in [-0.05, 0) is 38.5 Å². The molecule has 50 heavy (non-hydrogen) atoms. The second-order valence-corrected chi connectivity index (χ2v) is 14.1. The van der Waals surface area contributed by atoms with E-state index in [1.807, 2.05) is 0 Å². The maximum atomic E-state index is 12.7. The Hall–Kier alpha value is -1.56. The predicted molar refractivity (Wildman–Crippen MR) is 196 cm³/mol. The van der Waals surface area contributed by atoms with Gasteiger partial charge in [-0.25, -0.2) is 0 Å². The Labute approximate surface area is 303 Å². The van der Waals surface area contributed by atoms with Crippen LogP contribution in [0.2, 0.25) is 0 Å². The molecule has 0 amide bonds. The molecule has 10 heteroatoms. The van der Waals surface area contributed by atoms with Crippen LogP contribution in [0.3, 0.4) is 0 Å². The highest BCUT2D eigenvalue weighted by Crippen LogP contribution is 2.22. The lowest BCUT2D eigenvalue weighted by Crippen LogP contribution is -2.59. The molecule has 0 aliphatic carbocycles. The van der Waals surface area contributed by atoms with Crippen molar-refractivity contribution in [2.45, 2.75) is 211 Å². The van der Waals surface area contributed by atoms with Crippen molar-refractivity contribution < 1.29 is 49.0 Å². The molecule has 1 fully saturated rings. The van der Waals surface area contributed by atoms with Crippen LogP contribution < -0.4 is 0 Å². The zero-order valence-electron chi connectivity index (χ0n) is 31.7. The molecule has 0 spiro atoms. The number of carbonyl (C=O) groups is 2. The zero-order chi connectivity index (χ0) is 36.7. The van der Waals surface area contributed by atoms with Crippen LogP contribution in [-0.2, 0) is 28.5 Å². The lowest BCUT2D eigenvalue weighted by molar-refractivity contribution is -0.305. The molecule has 0 aromatic carbocycles. The SMILES string of the molecule is CCCCCCC/C=C\CCCCCCCC(=O)OC(COC(=O)CCCCCCCCCCCCC)COC1OC(CO)C(O)C(O)C1O. The van der Waals surface area contributed by atoms with E-state index < -0.39 is 49.4 Å². The Balaban J connectivity index is 2.38. The fourth-order valence-corrected chi connectivity index (χ4v) is 6.12. The second-order valence-electron chi connectivity index (χ2n) is 14.1. The minimum absolute atomic E-state index is 0.216. The standard InChI is InChI=1S/C40H74O10/c1-3-5-7-9-11-13-15-16-17-19-21-23-25-27-29-36(43)49-33(32-48-40-39(46)38(45)37(44)34(30-41)50-40)31-47-35(42)28-26-24-22-20-18-14-12-10-8-6-4-2/h15-16,33-34,37-41,44-46H,3-14,17-32H2,1-2H3/b16-15-. The minimum Gasteiger partial charge on any atom is -0.462 e. The van der Waals surface area contributed by atoms with Crippen LogP contribution in [0.15, 0.2) is 12.2 Å². The lowest BCUT2D eigenvalue weighted by atomic mass is 9.99. The van der Waals surface area contributed by atoms with Gasteiger partial charge in [0, 0.05) is 12.8 Å². The summed E-state index contributed by atoms with van der Waals surface area (Å²) < 4.78 is 22.1. The summed E-state index contributed by atoms with van der Waals surface area (Å²) in [5, 5.41) is 39.9. The van der Waals surface area contributed by atoms with Crippen molar-refractivity contribution >= 4 is 11.9 Å². The summed E-state index contributed by atoms with van der Waals surface area (Å²) in [5.41, 5.74) is 0. The van der Waals surface area contributed by atoms with Crippen LogP contribution >= 0.6 is 0 Å². The average molecular weight is 715 g/mol. The number of ether oxygens (including phenoxy) is 4. The number of unbranched alkanes of at least 4 members (excludes halogenated alkanes) is 20. The van der Waals surface area contributed by atoms with Crippen molar-refractivity contribution in [2.24, 2.45) is 0 Å². The Bertz CT molecular complexity index is 835. The number of aliphatic hydroxyl groups is 4. The molecular formula is C40H74O10. The highest BCUT2D eigenvalue weighted by atomic mass is 16.7. The Morgan fingerprint density at radius 3 is 1.56 bits per heavy atom. The molecule has 0 aromatic rings. The number of allylic oxidation sites excluding steroid dienone is 2. The normalized spacial score (nSPS) is 21.4. The van der Waals surface area contributed by atoms with Crippen LogP contribution in [0.1, 0.15) is 174 Å². The Morgan fingerprint density at radius 1 is 0.600 bits per heavy atom. The van der Waals surface area contributed by atoms with Gasteiger partial charge < -0.3 is 39.4 Å². The summed E-state index contributed by atoms with van der Waals surface area (Å²) in [7, 11) is 0. The van der Waals surface area contributed by atoms with Gasteiger partial charge in [0.25, 0.3) is 0 Å². The first-order valence-electron chi connectivity index (χ1n) is 20.3. The van der Waals surface area contributed by atoms with Gasteiger partial charge in [-0.15, -0.1) is 0 Å². The third-order valence-corrected chi connectivity index (χ3v) is 9.40. The van der Waals surface area contributed by atoms with Gasteiger partial charge in [-0.2, -0.15) is 0 Å². The van der Waals surface area contributed by atoms with E-state index >= 15 is 0 Å². The lowest BCUT2D eigenvalue weighted by Gasteiger charge is -2.39. The first-order valence-corrected chi connectivity index (χ1v) is 20.3. The first kappa shape index (κ1) is 46.5. The molecule has 0 bridgehead atoms. The largest absolute Gasteiger partial charge is 0.462 e. The van der Waals surface area contributed by atoms with Gasteiger partial charge in [0.15, 0.2) is 12.4 Å². The topological polar surface area (TPSA) is 152 Å². The van der Waals surface area contributed by atoms with Crippen LogP contribution in [-0.4, -0.2) is 89.0 Å². The van der Waals surface area contributed by atoms with Gasteiger partial charge in [-0.1, -0.05) is 135 Å². The van der Waals surface area contributed by atoms with Crippen molar-refractivity contribution in [3.05, 3.63) is 12.2 Å². The molecular weight excluding hydrogens is 640 g/mol. The predicted octanol–water partition coefficient (Wildman–Crippen LogP) is 7.61. The number of esters is 2. The van der Waals surface area contributed by atoms with E-state index in [0.717, 1.165) is 51.4 Å². The van der Waals surface area contributed by atoms with Crippen LogP contribution in [0.4, 0.5) is 0 Å². The summed E-state index contributed by atoms with van der Waals surface area (Å²) >= 11 is 0. The number of hydrogen-bond donors (Lipinski definition) is 4. The van der Waals surface area contributed by atoms with Crippen LogP contribution in [0.5, 0.6) is 0 Å². The smallest absolute Gasteiger partial charge is 0.306 e. The van der Waals surface area contributed by atoms with E-state index in [4.69, 9.17) is 18.9 Å². The summed E-state index contributed by atoms with van der Waals surface area (Å²) in [6.07, 6.45) is 23.6. The molecule has 0 radical (unpaired) electrons. The third kappa shape index (κ3) is 23.8. The number of hydrogen-bond acceptors (Lipinski definition) is 10. The molecule has 1 heterocycles. The molecule has 10 nitrogen and oxygen atoms in total. The van der Waals surface area contributed by atoms with Crippen molar-refractivity contribution in [1.29, 1.82) is 0 Å². The van der Waals surface area contributed by atoms with Gasteiger partial charge in [0.1, 0.15) is 31.0 Å². The van der Waals surface area contributed by atoms with Gasteiger partial charge >= 0.3 is 11.9 Å². The Kier molecular flexibility index (Phi) is 29.8. The van der Waals surface area contributed by atoms with Gasteiger partial charge in [-0.3, -0.25) is 9.59 Å². The fraction of sp³-hybridized carbons (Fsp3) is 0.900. The fourth-order valence-electron chi connectivity index (χ4n) is 6.12. The van der Waals surface area contributed by atoms with E-state index in [9.17, 15) is 30.0 Å². The molecule has 0 aromatic heterocycles. The summed E-state index contributed by atoms with van der Waals surface area (Å²) in [5.74, 6) is -0.813. The monoisotopic (exact) mass is 715 g/mol. The number of carbonyl (C=O) groups excluding carboxylic acids is 2. The maximum absolute atomic E-state index is 12.7. The average Bonchev–Trinajstić information content (AvgIpc) is 3.11. The summed E-state index contributed by atoms with van der Waals surface area (Å²) in [4.78, 5) is 25.2. The number of aliphatic hydroxyl groups excluding tert-OH is 4. The van der Waals surface area contributed by atoms with E-state index in [2.05, 4.69) is 26.0 Å². The molecule has 294 valence electrons. The number of rotatable bonds is 33. The van der Waals surface area contributed by atoms with E-state index in [-0.39, 0.29) is 32.0 Å². The summed E-state index contributed by atoms with van der Waals surface area (Å²) in [6, 6.07) is 0. The Morgan fingerprint density at radius 2 is 1.06 bits per heavy atom. The zero-order valence-corrected chi connectivity index (χ0v) is 31.7. The highest BCUT2D eigenvalue weighted by Gasteiger charge is 2.44. The molecule has 1 aliphatic rings. The highest BCUT2D eigenvalue weighted by molar-refractivity contribution is 5.70. The quantitative estimate of drug-likeness (QED) is 0.0304. The minimum atomic E-state index is -1.59. The van der Waals surface area contributed by atoms with Crippen LogP contribution in [0.25, 0.3) is 0 Å². The molecule has 1 aliphatic heterocycles. The third-order valence-electron chi connectivity index (χ3n) is 9.40. The van der Waals surface area contributed by atoms with Crippen LogP contribution in [0, 0.1) is 0 Å². The summed E-state index contributed by atoms with van der Waals surface area (Å²) in [6.45, 7) is 3.39. The van der Waals surface area contributed by atoms with E-state index in [1.165, 1.54) is 89.9 Å². The molecule has 6 unspecified atom stereocenters. The van der Waals surface area contributed by atoms with E-state index in [0.29, 0.717) is 6.42 Å². The van der Waals surface area contributed by atoms with Crippen molar-refractivity contribution in [1.82, 2.24) is 0 Å². The van der Waals surface area contributed by atoms with Crippen molar-refractivity contribution in [3.63, 3.8) is 0 Å². The molecule has 1 rings (SSSR count). The molecule has 4 N–H and O–H groups in total. The molecule has 6 atom stereocenters. The first-order chi connectivity index (χ1) is 24.3. The van der Waals surface area contributed by atoms with Crippen molar-refractivity contribution in [3.8, 4) is 0 Å². The molecule has 0 saturated carbocycles. The van der Waals surface area contributed by atoms with Crippen molar-refractivity contribution in [2.75, 3.05) is 19.8 Å². The van der Waals surface area contributed by atoms with E-state index in [1.54, 1.807) is 0 Å². The van der Waals surface area contributed by atoms with Gasteiger partial charge in [0.2, 0.25) is 0 Å².